The van der Waals surface area contributed by atoms with E-state index in [1.807, 2.05) is 0 Å². The van der Waals surface area contributed by atoms with Crippen molar-refractivity contribution in [3.05, 3.63) is 39.9 Å². The molecule has 0 aromatic heterocycles. The monoisotopic (exact) mass is 308 g/mol. The van der Waals surface area contributed by atoms with Crippen molar-refractivity contribution < 1.29 is 18.3 Å². The van der Waals surface area contributed by atoms with E-state index < -0.39 is 21.4 Å². The molecule has 0 saturated carbocycles. The van der Waals surface area contributed by atoms with E-state index in [9.17, 15) is 13.2 Å². The molecule has 0 aliphatic rings. The topological polar surface area (TPSA) is 71.4 Å². The first-order valence-electron chi connectivity index (χ1n) is 4.86. The molecule has 0 heterocycles. The van der Waals surface area contributed by atoms with Crippen LogP contribution >= 0.6 is 23.2 Å². The average molecular weight is 309 g/mol. The molecule has 0 radical (unpaired) electrons. The Morgan fingerprint density at radius 2 is 2.00 bits per heavy atom. The summed E-state index contributed by atoms with van der Waals surface area (Å²) in [6, 6.07) is 2.41. The first kappa shape index (κ1) is 15.0. The lowest BCUT2D eigenvalue weighted by Crippen LogP contribution is -2.09. The normalized spacial score (nSPS) is 11.9. The molecule has 0 aliphatic carbocycles. The van der Waals surface area contributed by atoms with Gasteiger partial charge in [-0.2, -0.15) is 0 Å². The summed E-state index contributed by atoms with van der Waals surface area (Å²) in [6.45, 7) is 1.68. The Kier molecular flexibility index (Phi) is 4.78. The molecule has 0 fully saturated rings. The lowest BCUT2D eigenvalue weighted by atomic mass is 10.2. The number of carboxylic acid groups (broad SMARTS) is 1. The molecule has 1 aromatic rings. The fraction of sp³-hybridized carbons (Fsp3) is 0.182. The van der Waals surface area contributed by atoms with Crippen LogP contribution < -0.4 is 0 Å². The fourth-order valence-corrected chi connectivity index (χ4v) is 3.44. The summed E-state index contributed by atoms with van der Waals surface area (Å²) in [4.78, 5) is 10.7. The third-order valence-electron chi connectivity index (χ3n) is 2.16. The zero-order chi connectivity index (χ0) is 13.9. The molecule has 0 saturated heterocycles. The molecule has 1 N–H and O–H groups in total. The molecule has 0 aliphatic heterocycles. The van der Waals surface area contributed by atoms with Gasteiger partial charge in [0, 0.05) is 0 Å². The molecule has 18 heavy (non-hydrogen) atoms. The minimum atomic E-state index is -3.67. The Morgan fingerprint density at radius 1 is 1.39 bits per heavy atom. The third-order valence-corrected chi connectivity index (χ3v) is 4.62. The van der Waals surface area contributed by atoms with Gasteiger partial charge in [-0.25, -0.2) is 13.2 Å². The summed E-state index contributed by atoms with van der Waals surface area (Å²) in [5.41, 5.74) is -0.403. The van der Waals surface area contributed by atoms with Gasteiger partial charge in [0.1, 0.15) is 0 Å². The molecule has 0 unspecified atom stereocenters. The minimum Gasteiger partial charge on any atom is -0.478 e. The van der Waals surface area contributed by atoms with Gasteiger partial charge in [-0.3, -0.25) is 0 Å². The summed E-state index contributed by atoms with van der Waals surface area (Å²) in [5.74, 6) is -1.61. The molecular formula is C11H10Cl2O4S. The van der Waals surface area contributed by atoms with Crippen molar-refractivity contribution >= 4 is 39.0 Å². The van der Waals surface area contributed by atoms with Crippen LogP contribution in [-0.2, 0) is 9.84 Å². The van der Waals surface area contributed by atoms with Crippen molar-refractivity contribution in [2.24, 2.45) is 0 Å². The van der Waals surface area contributed by atoms with Crippen molar-refractivity contribution in [1.82, 2.24) is 0 Å². The smallest absolute Gasteiger partial charge is 0.338 e. The van der Waals surface area contributed by atoms with Crippen LogP contribution in [0.3, 0.4) is 0 Å². The Balaban J connectivity index is 3.45. The number of halogens is 2. The number of sulfone groups is 1. The first-order chi connectivity index (χ1) is 8.31. The molecule has 1 rings (SSSR count). The van der Waals surface area contributed by atoms with Crippen molar-refractivity contribution in [2.45, 2.75) is 11.8 Å². The fourth-order valence-electron chi connectivity index (χ4n) is 1.28. The number of hydrogen-bond acceptors (Lipinski definition) is 3. The van der Waals surface area contributed by atoms with Crippen molar-refractivity contribution in [3.63, 3.8) is 0 Å². The summed E-state index contributed by atoms with van der Waals surface area (Å²) in [5, 5.41) is 8.47. The standard InChI is InChI=1S/C11H10Cl2O4S/c1-2-3-6-18(16,17)8-5-4-7(12)9(10(8)13)11(14)15/h2-5H,6H2,1H3,(H,14,15)/b3-2+. The van der Waals surface area contributed by atoms with E-state index in [0.29, 0.717) is 0 Å². The van der Waals surface area contributed by atoms with Crippen molar-refractivity contribution in [1.29, 1.82) is 0 Å². The second-order valence-corrected chi connectivity index (χ2v) is 6.18. The van der Waals surface area contributed by atoms with E-state index in [1.165, 1.54) is 18.2 Å². The van der Waals surface area contributed by atoms with Gasteiger partial charge in [-0.1, -0.05) is 35.4 Å². The predicted octanol–water partition coefficient (Wildman–Crippen LogP) is 3.04. The van der Waals surface area contributed by atoms with Crippen LogP contribution in [0.25, 0.3) is 0 Å². The van der Waals surface area contributed by atoms with Crippen molar-refractivity contribution in [2.75, 3.05) is 5.75 Å². The van der Waals surface area contributed by atoms with Gasteiger partial charge < -0.3 is 5.11 Å². The molecule has 0 spiro atoms. The van der Waals surface area contributed by atoms with E-state index in [-0.39, 0.29) is 20.7 Å². The highest BCUT2D eigenvalue weighted by Crippen LogP contribution is 2.31. The van der Waals surface area contributed by atoms with E-state index in [2.05, 4.69) is 0 Å². The molecule has 0 atom stereocenters. The highest BCUT2D eigenvalue weighted by molar-refractivity contribution is 7.91. The first-order valence-corrected chi connectivity index (χ1v) is 7.27. The van der Waals surface area contributed by atoms with Crippen molar-refractivity contribution in [3.8, 4) is 0 Å². The number of rotatable bonds is 4. The molecule has 0 bridgehead atoms. The van der Waals surface area contributed by atoms with Gasteiger partial charge >= 0.3 is 5.97 Å². The third kappa shape index (κ3) is 3.04. The number of hydrogen-bond donors (Lipinski definition) is 1. The number of carbonyl (C=O) groups is 1. The Morgan fingerprint density at radius 3 is 2.50 bits per heavy atom. The highest BCUT2D eigenvalue weighted by atomic mass is 35.5. The van der Waals surface area contributed by atoms with Crippen LogP contribution in [0.5, 0.6) is 0 Å². The Bertz CT molecular complexity index is 606. The summed E-state index contributed by atoms with van der Waals surface area (Å²) >= 11 is 11.5. The van der Waals surface area contributed by atoms with Crippen LogP contribution in [0.2, 0.25) is 10.0 Å². The average Bonchev–Trinajstić information content (AvgIpc) is 2.25. The molecule has 7 heteroatoms. The number of allylic oxidation sites excluding steroid dienone is 1. The maximum Gasteiger partial charge on any atom is 0.338 e. The molecular weight excluding hydrogens is 299 g/mol. The second kappa shape index (κ2) is 5.73. The summed E-state index contributed by atoms with van der Waals surface area (Å²) in [7, 11) is -3.67. The van der Waals surface area contributed by atoms with Gasteiger partial charge in [0.05, 0.1) is 26.3 Å². The van der Waals surface area contributed by atoms with Crippen LogP contribution in [0.15, 0.2) is 29.2 Å². The van der Waals surface area contributed by atoms with E-state index >= 15 is 0 Å². The van der Waals surface area contributed by atoms with Gasteiger partial charge in [-0.05, 0) is 19.1 Å². The highest BCUT2D eigenvalue weighted by Gasteiger charge is 2.23. The lowest BCUT2D eigenvalue weighted by Gasteiger charge is -2.08. The summed E-state index contributed by atoms with van der Waals surface area (Å²) in [6.07, 6.45) is 3.03. The Labute approximate surface area is 115 Å². The molecule has 98 valence electrons. The quantitative estimate of drug-likeness (QED) is 0.868. The van der Waals surface area contributed by atoms with E-state index in [1.54, 1.807) is 13.0 Å². The zero-order valence-electron chi connectivity index (χ0n) is 9.35. The zero-order valence-corrected chi connectivity index (χ0v) is 11.7. The van der Waals surface area contributed by atoms with Crippen LogP contribution in [0.1, 0.15) is 17.3 Å². The van der Waals surface area contributed by atoms with Crippen LogP contribution in [0, 0.1) is 0 Å². The minimum absolute atomic E-state index is 0.0996. The number of aromatic carboxylic acids is 1. The molecule has 1 aromatic carbocycles. The largest absolute Gasteiger partial charge is 0.478 e. The van der Waals surface area contributed by atoms with Gasteiger partial charge in [0.2, 0.25) is 0 Å². The second-order valence-electron chi connectivity index (χ2n) is 3.39. The van der Waals surface area contributed by atoms with E-state index in [4.69, 9.17) is 28.3 Å². The lowest BCUT2D eigenvalue weighted by molar-refractivity contribution is 0.0697. The molecule has 4 nitrogen and oxygen atoms in total. The maximum absolute atomic E-state index is 11.9. The maximum atomic E-state index is 11.9. The van der Waals surface area contributed by atoms with E-state index in [0.717, 1.165) is 0 Å². The SMILES string of the molecule is C/C=C/CS(=O)(=O)c1ccc(Cl)c(C(=O)O)c1Cl. The van der Waals surface area contributed by atoms with Crippen LogP contribution in [-0.4, -0.2) is 25.2 Å². The van der Waals surface area contributed by atoms with Gasteiger partial charge in [-0.15, -0.1) is 0 Å². The van der Waals surface area contributed by atoms with Crippen LogP contribution in [0.4, 0.5) is 0 Å². The number of benzene rings is 1. The molecule has 0 amide bonds. The summed E-state index contributed by atoms with van der Waals surface area (Å²) < 4.78 is 23.9. The number of carboxylic acids is 1. The van der Waals surface area contributed by atoms with Gasteiger partial charge in [0.15, 0.2) is 9.84 Å². The predicted molar refractivity (Wildman–Crippen MR) is 70.3 cm³/mol. The van der Waals surface area contributed by atoms with Gasteiger partial charge in [0.25, 0.3) is 0 Å². The Hall–Kier alpha value is -1.04.